The first-order valence-corrected chi connectivity index (χ1v) is 5.38. The molecule has 0 aromatic heterocycles. The fourth-order valence-corrected chi connectivity index (χ4v) is 1.12. The predicted molar refractivity (Wildman–Crippen MR) is 61.3 cm³/mol. The zero-order valence-corrected chi connectivity index (χ0v) is 9.99. The quantitative estimate of drug-likeness (QED) is 0.387. The Bertz CT molecular complexity index is 176. The Morgan fingerprint density at radius 1 is 1.47 bits per heavy atom. The second kappa shape index (κ2) is 12.9. The molecule has 3 nitrogen and oxygen atoms in total. The average Bonchev–Trinajstić information content (AvgIpc) is 2.20. The van der Waals surface area contributed by atoms with Crippen molar-refractivity contribution in [3.8, 4) is 0 Å². The average molecular weight is 214 g/mol. The minimum Gasteiger partial charge on any atom is -0.435 e. The Morgan fingerprint density at radius 2 is 2.00 bits per heavy atom. The Balaban J connectivity index is 0. The van der Waals surface area contributed by atoms with Crippen molar-refractivity contribution in [3.05, 3.63) is 12.8 Å². The summed E-state index contributed by atoms with van der Waals surface area (Å²) in [7, 11) is 0. The van der Waals surface area contributed by atoms with Crippen LogP contribution in [0.2, 0.25) is 0 Å². The summed E-state index contributed by atoms with van der Waals surface area (Å²) in [4.78, 5) is 20.0. The van der Waals surface area contributed by atoms with Crippen LogP contribution in [0.5, 0.6) is 0 Å². The topological polar surface area (TPSA) is 43.4 Å². The molecule has 0 heterocycles. The lowest BCUT2D eigenvalue weighted by Crippen LogP contribution is -2.14. The number of carbonyl (C=O) groups is 2. The SMILES string of the molecule is C=COC(=O)C(CC)CCCC.CC=O. The molecule has 15 heavy (non-hydrogen) atoms. The first-order chi connectivity index (χ1) is 7.17. The highest BCUT2D eigenvalue weighted by molar-refractivity contribution is 5.72. The molecular weight excluding hydrogens is 192 g/mol. The molecular formula is C12H22O3. The molecule has 0 aliphatic carbocycles. The number of hydrogen-bond acceptors (Lipinski definition) is 3. The molecule has 0 radical (unpaired) electrons. The highest BCUT2D eigenvalue weighted by Crippen LogP contribution is 2.14. The third kappa shape index (κ3) is 10.8. The molecule has 1 unspecified atom stereocenters. The van der Waals surface area contributed by atoms with Gasteiger partial charge >= 0.3 is 5.97 Å². The Kier molecular flexibility index (Phi) is 14.0. The van der Waals surface area contributed by atoms with Crippen molar-refractivity contribution >= 4 is 12.3 Å². The molecule has 0 rings (SSSR count). The Morgan fingerprint density at radius 3 is 2.33 bits per heavy atom. The van der Waals surface area contributed by atoms with Crippen molar-refractivity contribution < 1.29 is 14.3 Å². The molecule has 0 aromatic rings. The lowest BCUT2D eigenvalue weighted by molar-refractivity contribution is -0.143. The van der Waals surface area contributed by atoms with E-state index in [2.05, 4.69) is 13.5 Å². The summed E-state index contributed by atoms with van der Waals surface area (Å²) in [5.41, 5.74) is 0. The van der Waals surface area contributed by atoms with Gasteiger partial charge in [-0.2, -0.15) is 0 Å². The summed E-state index contributed by atoms with van der Waals surface area (Å²) < 4.78 is 4.72. The van der Waals surface area contributed by atoms with Crippen molar-refractivity contribution in [2.75, 3.05) is 0 Å². The van der Waals surface area contributed by atoms with Crippen molar-refractivity contribution in [2.24, 2.45) is 5.92 Å². The normalized spacial score (nSPS) is 10.6. The molecule has 0 spiro atoms. The van der Waals surface area contributed by atoms with Gasteiger partial charge in [-0.15, -0.1) is 0 Å². The maximum atomic E-state index is 11.2. The van der Waals surface area contributed by atoms with Gasteiger partial charge in [-0.25, -0.2) is 0 Å². The van der Waals surface area contributed by atoms with E-state index in [-0.39, 0.29) is 11.9 Å². The van der Waals surface area contributed by atoms with Crippen molar-refractivity contribution in [1.82, 2.24) is 0 Å². The van der Waals surface area contributed by atoms with Gasteiger partial charge in [0.2, 0.25) is 0 Å². The van der Waals surface area contributed by atoms with Crippen molar-refractivity contribution in [1.29, 1.82) is 0 Å². The highest BCUT2D eigenvalue weighted by Gasteiger charge is 2.15. The molecule has 0 saturated heterocycles. The van der Waals surface area contributed by atoms with Gasteiger partial charge in [0.15, 0.2) is 0 Å². The van der Waals surface area contributed by atoms with E-state index >= 15 is 0 Å². The molecule has 0 N–H and O–H groups in total. The lowest BCUT2D eigenvalue weighted by Gasteiger charge is -2.10. The summed E-state index contributed by atoms with van der Waals surface area (Å²) >= 11 is 0. The second-order valence-electron chi connectivity index (χ2n) is 3.09. The minimum absolute atomic E-state index is 0.0583. The fourth-order valence-electron chi connectivity index (χ4n) is 1.12. The zero-order chi connectivity index (χ0) is 12.1. The smallest absolute Gasteiger partial charge is 0.313 e. The van der Waals surface area contributed by atoms with Crippen LogP contribution in [0.1, 0.15) is 46.5 Å². The van der Waals surface area contributed by atoms with Crippen LogP contribution in [0.4, 0.5) is 0 Å². The highest BCUT2D eigenvalue weighted by atomic mass is 16.5. The van der Waals surface area contributed by atoms with Crippen molar-refractivity contribution in [3.63, 3.8) is 0 Å². The van der Waals surface area contributed by atoms with E-state index in [1.54, 1.807) is 0 Å². The number of ether oxygens (including phenoxy) is 1. The molecule has 88 valence electrons. The van der Waals surface area contributed by atoms with E-state index in [9.17, 15) is 4.79 Å². The van der Waals surface area contributed by atoms with Gasteiger partial charge in [0.25, 0.3) is 0 Å². The summed E-state index contributed by atoms with van der Waals surface area (Å²) in [5.74, 6) is -0.0797. The largest absolute Gasteiger partial charge is 0.435 e. The number of hydrogen-bond donors (Lipinski definition) is 0. The van der Waals surface area contributed by atoms with Crippen LogP contribution in [0.25, 0.3) is 0 Å². The van der Waals surface area contributed by atoms with Gasteiger partial charge in [0, 0.05) is 0 Å². The van der Waals surface area contributed by atoms with Crippen LogP contribution >= 0.6 is 0 Å². The fraction of sp³-hybridized carbons (Fsp3) is 0.667. The van der Waals surface area contributed by atoms with E-state index in [0.717, 1.165) is 32.0 Å². The first-order valence-electron chi connectivity index (χ1n) is 5.38. The monoisotopic (exact) mass is 214 g/mol. The molecule has 0 amide bonds. The van der Waals surface area contributed by atoms with E-state index in [0.29, 0.717) is 0 Å². The second-order valence-corrected chi connectivity index (χ2v) is 3.09. The van der Waals surface area contributed by atoms with E-state index in [1.807, 2.05) is 6.92 Å². The summed E-state index contributed by atoms with van der Waals surface area (Å²) in [5, 5.41) is 0. The maximum Gasteiger partial charge on any atom is 0.313 e. The molecule has 0 aliphatic rings. The van der Waals surface area contributed by atoms with Crippen molar-refractivity contribution in [2.45, 2.75) is 46.5 Å². The number of rotatable bonds is 6. The molecule has 0 aliphatic heterocycles. The van der Waals surface area contributed by atoms with Crippen LogP contribution in [-0.2, 0) is 14.3 Å². The number of carbonyl (C=O) groups excluding carboxylic acids is 2. The molecule has 0 bridgehead atoms. The molecule has 0 fully saturated rings. The standard InChI is InChI=1S/C10H18O2.C2H4O/c1-4-7-8-9(5-2)10(11)12-6-3;1-2-3/h6,9H,3-5,7-8H2,1-2H3;2H,1H3. The lowest BCUT2D eigenvalue weighted by atomic mass is 10.00. The molecule has 0 aromatic carbocycles. The van der Waals surface area contributed by atoms with Crippen LogP contribution in [0.15, 0.2) is 12.8 Å². The van der Waals surface area contributed by atoms with E-state index in [1.165, 1.54) is 13.2 Å². The van der Waals surface area contributed by atoms with Gasteiger partial charge in [0.05, 0.1) is 12.2 Å². The van der Waals surface area contributed by atoms with Crippen LogP contribution < -0.4 is 0 Å². The maximum absolute atomic E-state index is 11.2. The third-order valence-electron chi connectivity index (χ3n) is 1.93. The Hall–Kier alpha value is -1.12. The summed E-state index contributed by atoms with van der Waals surface area (Å²) in [6.07, 6.45) is 5.95. The third-order valence-corrected chi connectivity index (χ3v) is 1.93. The molecule has 1 atom stereocenters. The number of aldehydes is 1. The minimum atomic E-state index is -0.138. The van der Waals surface area contributed by atoms with Crippen LogP contribution in [-0.4, -0.2) is 12.3 Å². The van der Waals surface area contributed by atoms with Gasteiger partial charge in [-0.1, -0.05) is 33.3 Å². The van der Waals surface area contributed by atoms with Crippen LogP contribution in [0, 0.1) is 5.92 Å². The first kappa shape index (κ1) is 16.3. The Labute approximate surface area is 92.5 Å². The number of esters is 1. The van der Waals surface area contributed by atoms with E-state index in [4.69, 9.17) is 9.53 Å². The van der Waals surface area contributed by atoms with Crippen LogP contribution in [0.3, 0.4) is 0 Å². The summed E-state index contributed by atoms with van der Waals surface area (Å²) in [6, 6.07) is 0. The van der Waals surface area contributed by atoms with E-state index < -0.39 is 0 Å². The molecule has 3 heteroatoms. The zero-order valence-electron chi connectivity index (χ0n) is 9.99. The van der Waals surface area contributed by atoms with Gasteiger partial charge < -0.3 is 9.53 Å². The van der Waals surface area contributed by atoms with Gasteiger partial charge in [-0.05, 0) is 19.8 Å². The van der Waals surface area contributed by atoms with Gasteiger partial charge in [0.1, 0.15) is 6.29 Å². The molecule has 0 saturated carbocycles. The predicted octanol–water partition coefficient (Wildman–Crippen LogP) is 3.09. The summed E-state index contributed by atoms with van der Waals surface area (Å²) in [6.45, 7) is 8.92. The van der Waals surface area contributed by atoms with Gasteiger partial charge in [-0.3, -0.25) is 4.79 Å². The number of unbranched alkanes of at least 4 members (excludes halogenated alkanes) is 1.